The molecule has 1 aromatic heterocycles. The van der Waals surface area contributed by atoms with Crippen LogP contribution in [0.1, 0.15) is 12.1 Å². The van der Waals surface area contributed by atoms with Gasteiger partial charge in [-0.05, 0) is 18.6 Å². The Hall–Kier alpha value is -2.71. The van der Waals surface area contributed by atoms with Crippen molar-refractivity contribution in [3.8, 4) is 5.69 Å². The lowest BCUT2D eigenvalue weighted by Gasteiger charge is -2.33. The van der Waals surface area contributed by atoms with E-state index in [2.05, 4.69) is 0 Å². The van der Waals surface area contributed by atoms with Gasteiger partial charge < -0.3 is 10.6 Å². The van der Waals surface area contributed by atoms with Crippen molar-refractivity contribution in [3.63, 3.8) is 0 Å². The third kappa shape index (κ3) is 2.90. The summed E-state index contributed by atoms with van der Waals surface area (Å²) in [5, 5.41) is 0. The molecular weight excluding hydrogens is 337 g/mol. The summed E-state index contributed by atoms with van der Waals surface area (Å²) in [7, 11) is 1.12. The van der Waals surface area contributed by atoms with Crippen molar-refractivity contribution < 1.29 is 18.0 Å². The van der Waals surface area contributed by atoms with E-state index in [1.807, 2.05) is 6.07 Å². The summed E-state index contributed by atoms with van der Waals surface area (Å²) in [4.78, 5) is 24.6. The van der Waals surface area contributed by atoms with Crippen LogP contribution in [0.3, 0.4) is 0 Å². The van der Waals surface area contributed by atoms with E-state index in [1.165, 1.54) is 4.68 Å². The minimum Gasteiger partial charge on any atom is -0.393 e. The van der Waals surface area contributed by atoms with Crippen LogP contribution >= 0.6 is 0 Å². The van der Waals surface area contributed by atoms with E-state index in [-0.39, 0.29) is 18.7 Å². The van der Waals surface area contributed by atoms with Gasteiger partial charge in [-0.2, -0.15) is 13.2 Å². The normalized spacial score (nSPS) is 17.2. The molecule has 0 spiro atoms. The highest BCUT2D eigenvalue weighted by Gasteiger charge is 2.44. The Morgan fingerprint density at radius 1 is 1.28 bits per heavy atom. The molecule has 1 aromatic carbocycles. The number of rotatable bonds is 2. The molecule has 0 saturated heterocycles. The number of nitrogen functional groups attached to an aromatic ring is 1. The molecule has 1 aliphatic rings. The number of para-hydroxylation sites is 1. The lowest BCUT2D eigenvalue weighted by atomic mass is 10.0. The van der Waals surface area contributed by atoms with Gasteiger partial charge in [-0.1, -0.05) is 18.2 Å². The Kier molecular flexibility index (Phi) is 4.09. The van der Waals surface area contributed by atoms with Gasteiger partial charge in [-0.15, -0.1) is 0 Å². The number of fused-ring (bicyclic) bond motifs is 1. The van der Waals surface area contributed by atoms with Crippen molar-refractivity contribution >= 4 is 11.6 Å². The largest absolute Gasteiger partial charge is 0.471 e. The maximum Gasteiger partial charge on any atom is 0.471 e. The fourth-order valence-corrected chi connectivity index (χ4v) is 3.18. The Bertz CT molecular complexity index is 855. The first-order valence-electron chi connectivity index (χ1n) is 7.71. The zero-order chi connectivity index (χ0) is 18.4. The van der Waals surface area contributed by atoms with Crippen LogP contribution in [0.5, 0.6) is 0 Å². The van der Waals surface area contributed by atoms with Crippen LogP contribution in [0.4, 0.5) is 18.9 Å². The molecule has 1 atom stereocenters. The average molecular weight is 354 g/mol. The molecule has 2 N–H and O–H groups in total. The van der Waals surface area contributed by atoms with Crippen molar-refractivity contribution in [3.05, 3.63) is 46.4 Å². The molecular formula is C16H17F3N4O2. The molecule has 2 aromatic rings. The van der Waals surface area contributed by atoms with Crippen molar-refractivity contribution in [2.24, 2.45) is 0 Å². The topological polar surface area (TPSA) is 73.3 Å². The molecule has 0 saturated carbocycles. The zero-order valence-electron chi connectivity index (χ0n) is 13.5. The molecule has 1 unspecified atom stereocenters. The fourth-order valence-electron chi connectivity index (χ4n) is 3.18. The SMILES string of the molecule is CN(C(=O)C(F)(F)F)C1CCn2c(c(N)c(=O)n2-c2ccccc2)C1. The van der Waals surface area contributed by atoms with E-state index < -0.39 is 23.7 Å². The predicted octanol–water partition coefficient (Wildman–Crippen LogP) is 1.56. The molecule has 3 rings (SSSR count). The van der Waals surface area contributed by atoms with Gasteiger partial charge in [0.15, 0.2) is 0 Å². The molecule has 25 heavy (non-hydrogen) atoms. The fraction of sp³-hybridized carbons (Fsp3) is 0.375. The standard InChI is InChI=1S/C16H17F3N4O2/c1-21(15(25)16(17,18)19)11-7-8-22-12(9-11)13(20)14(24)23(22)10-5-3-2-4-6-10/h2-6,11H,7-9,20H2,1H3. The smallest absolute Gasteiger partial charge is 0.393 e. The van der Waals surface area contributed by atoms with Gasteiger partial charge >= 0.3 is 12.1 Å². The Morgan fingerprint density at radius 3 is 2.52 bits per heavy atom. The molecule has 9 heteroatoms. The number of halogens is 3. The first kappa shape index (κ1) is 17.1. The van der Waals surface area contributed by atoms with Gasteiger partial charge in [0.05, 0.1) is 11.4 Å². The molecule has 2 heterocycles. The van der Waals surface area contributed by atoms with Gasteiger partial charge in [0.2, 0.25) is 0 Å². The quantitative estimate of drug-likeness (QED) is 0.889. The number of hydrogen-bond donors (Lipinski definition) is 1. The molecule has 6 nitrogen and oxygen atoms in total. The van der Waals surface area contributed by atoms with Crippen LogP contribution in [0.25, 0.3) is 5.69 Å². The number of aromatic nitrogens is 2. The number of hydrogen-bond acceptors (Lipinski definition) is 3. The molecule has 0 aliphatic carbocycles. The molecule has 0 fully saturated rings. The maximum atomic E-state index is 12.6. The second-order valence-corrected chi connectivity index (χ2v) is 6.00. The van der Waals surface area contributed by atoms with Crippen molar-refractivity contribution in [2.75, 3.05) is 12.8 Å². The highest BCUT2D eigenvalue weighted by molar-refractivity contribution is 5.82. The second kappa shape index (κ2) is 5.98. The molecule has 1 aliphatic heterocycles. The minimum atomic E-state index is -4.92. The number of carbonyl (C=O) groups is 1. The van der Waals surface area contributed by atoms with Crippen LogP contribution in [0.15, 0.2) is 35.1 Å². The highest BCUT2D eigenvalue weighted by Crippen LogP contribution is 2.26. The van der Waals surface area contributed by atoms with Crippen LogP contribution < -0.4 is 11.3 Å². The van der Waals surface area contributed by atoms with Crippen molar-refractivity contribution in [1.29, 1.82) is 0 Å². The summed E-state index contributed by atoms with van der Waals surface area (Å²) >= 11 is 0. The van der Waals surface area contributed by atoms with Crippen molar-refractivity contribution in [1.82, 2.24) is 14.3 Å². The van der Waals surface area contributed by atoms with Gasteiger partial charge in [0.1, 0.15) is 5.69 Å². The van der Waals surface area contributed by atoms with E-state index in [9.17, 15) is 22.8 Å². The van der Waals surface area contributed by atoms with Gasteiger partial charge in [0.25, 0.3) is 5.56 Å². The number of nitrogens with two attached hydrogens (primary N) is 1. The van der Waals surface area contributed by atoms with Gasteiger partial charge in [-0.25, -0.2) is 4.68 Å². The van der Waals surface area contributed by atoms with E-state index >= 15 is 0 Å². The van der Waals surface area contributed by atoms with E-state index in [0.717, 1.165) is 7.05 Å². The third-order valence-electron chi connectivity index (χ3n) is 4.50. The predicted molar refractivity (Wildman–Crippen MR) is 85.4 cm³/mol. The lowest BCUT2D eigenvalue weighted by Crippen LogP contribution is -2.47. The third-order valence-corrected chi connectivity index (χ3v) is 4.50. The summed E-state index contributed by atoms with van der Waals surface area (Å²) in [6, 6.07) is 8.20. The summed E-state index contributed by atoms with van der Waals surface area (Å²) in [5.74, 6) is -1.89. The van der Waals surface area contributed by atoms with Crippen LogP contribution in [0.2, 0.25) is 0 Å². The van der Waals surface area contributed by atoms with Crippen molar-refractivity contribution in [2.45, 2.75) is 31.6 Å². The Balaban J connectivity index is 1.96. The monoisotopic (exact) mass is 354 g/mol. The minimum absolute atomic E-state index is 0.00131. The number of alkyl halides is 3. The molecule has 134 valence electrons. The number of carbonyl (C=O) groups excluding carboxylic acids is 1. The van der Waals surface area contributed by atoms with E-state index in [4.69, 9.17) is 5.73 Å². The molecule has 0 radical (unpaired) electrons. The first-order valence-corrected chi connectivity index (χ1v) is 7.71. The van der Waals surface area contributed by atoms with E-state index in [1.54, 1.807) is 28.9 Å². The summed E-state index contributed by atoms with van der Waals surface area (Å²) in [5.41, 5.74) is 6.58. The zero-order valence-corrected chi connectivity index (χ0v) is 13.5. The maximum absolute atomic E-state index is 12.6. The summed E-state index contributed by atoms with van der Waals surface area (Å²) in [6.45, 7) is 0.289. The van der Waals surface area contributed by atoms with Gasteiger partial charge in [-0.3, -0.25) is 14.3 Å². The summed E-state index contributed by atoms with van der Waals surface area (Å²) < 4.78 is 41.0. The van der Waals surface area contributed by atoms with Crippen LogP contribution in [0, 0.1) is 0 Å². The van der Waals surface area contributed by atoms with Crippen LogP contribution in [-0.4, -0.2) is 39.4 Å². The summed E-state index contributed by atoms with van der Waals surface area (Å²) in [6.07, 6.45) is -4.53. The Morgan fingerprint density at radius 2 is 1.92 bits per heavy atom. The number of nitrogens with zero attached hydrogens (tertiary/aromatic N) is 3. The highest BCUT2D eigenvalue weighted by atomic mass is 19.4. The number of amides is 1. The van der Waals surface area contributed by atoms with Gasteiger partial charge in [0, 0.05) is 26.1 Å². The number of benzene rings is 1. The molecule has 0 bridgehead atoms. The average Bonchev–Trinajstić information content (AvgIpc) is 2.84. The van der Waals surface area contributed by atoms with E-state index in [0.29, 0.717) is 22.7 Å². The molecule has 1 amide bonds. The number of anilines is 1. The second-order valence-electron chi connectivity index (χ2n) is 6.00. The van der Waals surface area contributed by atoms with Crippen LogP contribution in [-0.2, 0) is 17.8 Å². The Labute approximate surface area is 141 Å². The number of likely N-dealkylation sites (N-methyl/N-ethyl adjacent to an activating group) is 1. The first-order chi connectivity index (χ1) is 11.7. The lowest BCUT2D eigenvalue weighted by molar-refractivity contribution is -0.186.